The lowest BCUT2D eigenvalue weighted by Crippen LogP contribution is -2.25. The molecule has 0 aromatic heterocycles. The predicted molar refractivity (Wildman–Crippen MR) is 128 cm³/mol. The zero-order chi connectivity index (χ0) is 23.2. The maximum Gasteiger partial charge on any atom is 0.377 e. The number of Topliss-reactive ketones (excluding diaryl/α,β-unsaturated/α-hetero) is 1. The second kappa shape index (κ2) is 10.3. The zero-order valence-corrected chi connectivity index (χ0v) is 18.4. The van der Waals surface area contributed by atoms with E-state index in [-0.39, 0.29) is 11.8 Å². The van der Waals surface area contributed by atoms with E-state index in [0.29, 0.717) is 12.0 Å². The summed E-state index contributed by atoms with van der Waals surface area (Å²) in [6.07, 6.45) is 4.55. The van der Waals surface area contributed by atoms with Gasteiger partial charge in [-0.2, -0.15) is 0 Å². The van der Waals surface area contributed by atoms with Crippen LogP contribution < -0.4 is 4.90 Å². The lowest BCUT2D eigenvalue weighted by atomic mass is 9.78. The number of hydrogen-bond donors (Lipinski definition) is 1. The SMILES string of the molecule is O=C(O)C(=O)c1cccc2c1CCCC2CCCC(=O)N(c1ccccc1)c1ccccc1. The standard InChI is InChI=1S/C28H27NO4/c30-26(29(21-12-3-1-4-13-21)22-14-5-2-6-15-22)19-8-11-20-10-7-17-24-23(20)16-9-18-25(24)27(31)28(32)33/h1-6,9,12-16,18,20H,7-8,10-11,17,19H2,(H,32,33). The van der Waals surface area contributed by atoms with Gasteiger partial charge >= 0.3 is 5.97 Å². The molecule has 1 aliphatic rings. The van der Waals surface area contributed by atoms with Gasteiger partial charge in [0.2, 0.25) is 5.91 Å². The van der Waals surface area contributed by atoms with Gasteiger partial charge in [-0.15, -0.1) is 0 Å². The van der Waals surface area contributed by atoms with Gasteiger partial charge in [0.05, 0.1) is 0 Å². The summed E-state index contributed by atoms with van der Waals surface area (Å²) in [5.74, 6) is -2.00. The van der Waals surface area contributed by atoms with Crippen LogP contribution in [0.25, 0.3) is 0 Å². The summed E-state index contributed by atoms with van der Waals surface area (Å²) in [5, 5.41) is 9.15. The molecule has 33 heavy (non-hydrogen) atoms. The molecule has 168 valence electrons. The van der Waals surface area contributed by atoms with E-state index in [2.05, 4.69) is 0 Å². The lowest BCUT2D eigenvalue weighted by Gasteiger charge is -2.27. The highest BCUT2D eigenvalue weighted by Crippen LogP contribution is 2.37. The quantitative estimate of drug-likeness (QED) is 0.348. The summed E-state index contributed by atoms with van der Waals surface area (Å²) in [6, 6.07) is 24.7. The Morgan fingerprint density at radius 2 is 1.48 bits per heavy atom. The summed E-state index contributed by atoms with van der Waals surface area (Å²) < 4.78 is 0. The van der Waals surface area contributed by atoms with Crippen LogP contribution in [0.1, 0.15) is 59.5 Å². The fraction of sp³-hybridized carbons (Fsp3) is 0.250. The highest BCUT2D eigenvalue weighted by molar-refractivity contribution is 6.40. The van der Waals surface area contributed by atoms with Crippen LogP contribution in [0, 0.1) is 0 Å². The minimum atomic E-state index is -1.42. The number of fused-ring (bicyclic) bond motifs is 1. The van der Waals surface area contributed by atoms with Crippen LogP contribution in [0.5, 0.6) is 0 Å². The van der Waals surface area contributed by atoms with Crippen LogP contribution in [0.15, 0.2) is 78.9 Å². The first kappa shape index (κ1) is 22.5. The number of nitrogens with zero attached hydrogens (tertiary/aromatic N) is 1. The van der Waals surface area contributed by atoms with Gasteiger partial charge in [0.25, 0.3) is 5.78 Å². The molecule has 1 N–H and O–H groups in total. The molecule has 4 rings (SSSR count). The Labute approximate surface area is 193 Å². The van der Waals surface area contributed by atoms with Crippen LogP contribution in [0.4, 0.5) is 11.4 Å². The molecule has 5 heteroatoms. The lowest BCUT2D eigenvalue weighted by molar-refractivity contribution is -0.131. The molecule has 0 fully saturated rings. The van der Waals surface area contributed by atoms with E-state index in [1.54, 1.807) is 17.0 Å². The largest absolute Gasteiger partial charge is 0.475 e. The number of para-hydroxylation sites is 2. The Kier molecular flexibility index (Phi) is 6.98. The van der Waals surface area contributed by atoms with Gasteiger partial charge in [-0.3, -0.25) is 14.5 Å². The maximum atomic E-state index is 13.3. The van der Waals surface area contributed by atoms with Crippen molar-refractivity contribution in [2.75, 3.05) is 4.90 Å². The number of carbonyl (C=O) groups is 3. The van der Waals surface area contributed by atoms with Gasteiger partial charge in [0.1, 0.15) is 0 Å². The van der Waals surface area contributed by atoms with E-state index in [1.165, 1.54) is 0 Å². The number of aliphatic carboxylic acids is 1. The first-order valence-corrected chi connectivity index (χ1v) is 11.4. The molecule has 3 aromatic rings. The van der Waals surface area contributed by atoms with Crippen LogP contribution >= 0.6 is 0 Å². The summed E-state index contributed by atoms with van der Waals surface area (Å²) in [5.41, 5.74) is 3.91. The van der Waals surface area contributed by atoms with Crippen molar-refractivity contribution in [1.82, 2.24) is 0 Å². The number of hydrogen-bond acceptors (Lipinski definition) is 3. The van der Waals surface area contributed by atoms with Crippen molar-refractivity contribution in [1.29, 1.82) is 0 Å². The monoisotopic (exact) mass is 441 g/mol. The van der Waals surface area contributed by atoms with Crippen LogP contribution in [0.3, 0.4) is 0 Å². The highest BCUT2D eigenvalue weighted by atomic mass is 16.4. The topological polar surface area (TPSA) is 74.7 Å². The Hall–Kier alpha value is -3.73. The van der Waals surface area contributed by atoms with Crippen molar-refractivity contribution in [2.45, 2.75) is 44.4 Å². The first-order valence-electron chi connectivity index (χ1n) is 11.4. The van der Waals surface area contributed by atoms with E-state index >= 15 is 0 Å². The molecule has 0 radical (unpaired) electrons. The van der Waals surface area contributed by atoms with E-state index in [1.807, 2.05) is 66.7 Å². The van der Waals surface area contributed by atoms with Crippen LogP contribution in [-0.4, -0.2) is 22.8 Å². The number of anilines is 2. The third-order valence-electron chi connectivity index (χ3n) is 6.29. The smallest absolute Gasteiger partial charge is 0.377 e. The molecule has 1 amide bonds. The number of carboxylic acid groups (broad SMARTS) is 1. The number of carboxylic acids is 1. The molecule has 3 aromatic carbocycles. The van der Waals surface area contributed by atoms with Crippen LogP contribution in [-0.2, 0) is 16.0 Å². The Balaban J connectivity index is 1.47. The molecular weight excluding hydrogens is 414 g/mol. The molecule has 0 aliphatic heterocycles. The van der Waals surface area contributed by atoms with Crippen LogP contribution in [0.2, 0.25) is 0 Å². The summed E-state index contributed by atoms with van der Waals surface area (Å²) >= 11 is 0. The van der Waals surface area contributed by atoms with Crippen molar-refractivity contribution in [2.24, 2.45) is 0 Å². The third kappa shape index (κ3) is 5.03. The molecule has 0 spiro atoms. The van der Waals surface area contributed by atoms with Gasteiger partial charge in [-0.05, 0) is 73.4 Å². The van der Waals surface area contributed by atoms with Gasteiger partial charge in [-0.1, -0.05) is 54.6 Å². The fourth-order valence-corrected chi connectivity index (χ4v) is 4.78. The molecule has 5 nitrogen and oxygen atoms in total. The Morgan fingerprint density at radius 1 is 0.848 bits per heavy atom. The summed E-state index contributed by atoms with van der Waals surface area (Å²) in [6.45, 7) is 0. The van der Waals surface area contributed by atoms with E-state index in [4.69, 9.17) is 5.11 Å². The minimum Gasteiger partial charge on any atom is -0.475 e. The molecule has 0 bridgehead atoms. The summed E-state index contributed by atoms with van der Waals surface area (Å²) in [4.78, 5) is 38.4. The fourth-order valence-electron chi connectivity index (χ4n) is 4.78. The predicted octanol–water partition coefficient (Wildman–Crippen LogP) is 5.91. The normalized spacial score (nSPS) is 14.8. The number of carbonyl (C=O) groups excluding carboxylic acids is 2. The van der Waals surface area contributed by atoms with Gasteiger partial charge in [0, 0.05) is 23.4 Å². The number of ketones is 1. The molecule has 1 atom stereocenters. The highest BCUT2D eigenvalue weighted by Gasteiger charge is 2.27. The number of amides is 1. The molecule has 0 heterocycles. The second-order valence-electron chi connectivity index (χ2n) is 8.39. The molecule has 0 saturated heterocycles. The average Bonchev–Trinajstić information content (AvgIpc) is 2.85. The van der Waals surface area contributed by atoms with Gasteiger partial charge in [-0.25, -0.2) is 4.79 Å². The van der Waals surface area contributed by atoms with Crippen molar-refractivity contribution >= 4 is 29.0 Å². The van der Waals surface area contributed by atoms with E-state index in [9.17, 15) is 14.4 Å². The Morgan fingerprint density at radius 3 is 2.09 bits per heavy atom. The van der Waals surface area contributed by atoms with Crippen molar-refractivity contribution in [3.05, 3.63) is 95.6 Å². The number of rotatable bonds is 8. The maximum absolute atomic E-state index is 13.3. The number of benzene rings is 3. The van der Waals surface area contributed by atoms with Crippen molar-refractivity contribution in [3.8, 4) is 0 Å². The van der Waals surface area contributed by atoms with Gasteiger partial charge in [0.15, 0.2) is 0 Å². The second-order valence-corrected chi connectivity index (χ2v) is 8.39. The summed E-state index contributed by atoms with van der Waals surface area (Å²) in [7, 11) is 0. The average molecular weight is 442 g/mol. The first-order chi connectivity index (χ1) is 16.1. The van der Waals surface area contributed by atoms with E-state index < -0.39 is 11.8 Å². The third-order valence-corrected chi connectivity index (χ3v) is 6.29. The van der Waals surface area contributed by atoms with E-state index in [0.717, 1.165) is 54.6 Å². The molecule has 1 unspecified atom stereocenters. The molecule has 1 aliphatic carbocycles. The van der Waals surface area contributed by atoms with Crippen molar-refractivity contribution in [3.63, 3.8) is 0 Å². The molecule has 0 saturated carbocycles. The minimum absolute atomic E-state index is 0.0400. The van der Waals surface area contributed by atoms with Crippen molar-refractivity contribution < 1.29 is 19.5 Å². The van der Waals surface area contributed by atoms with Gasteiger partial charge < -0.3 is 5.11 Å². The molecular formula is C28H27NO4. The zero-order valence-electron chi connectivity index (χ0n) is 18.4. The Bertz CT molecular complexity index is 1100.